The Balaban J connectivity index is 2.14. The Morgan fingerprint density at radius 3 is 3.22 bits per heavy atom. The number of hydrazine groups is 1. The van der Waals surface area contributed by atoms with Gasteiger partial charge in [0.15, 0.2) is 0 Å². The molecule has 4 nitrogen and oxygen atoms in total. The average Bonchev–Trinajstić information content (AvgIpc) is 2.15. The lowest BCUT2D eigenvalue weighted by Gasteiger charge is -2.14. The second kappa shape index (κ2) is 2.80. The van der Waals surface area contributed by atoms with E-state index >= 15 is 0 Å². The van der Waals surface area contributed by atoms with E-state index in [1.54, 1.807) is 13.1 Å². The van der Waals surface area contributed by atoms with E-state index in [-0.39, 0.29) is 6.10 Å². The van der Waals surface area contributed by atoms with Crippen LogP contribution in [0.5, 0.6) is 0 Å². The lowest BCUT2D eigenvalue weighted by atomic mass is 10.4. The van der Waals surface area contributed by atoms with Crippen molar-refractivity contribution in [3.05, 3.63) is 0 Å². The minimum atomic E-state index is -0.292. The SMILES string of the molecule is CC(O)CN1CC=NN1. The molecule has 4 heteroatoms. The predicted octanol–water partition coefficient (Wildman–Crippen LogP) is -0.827. The Hall–Kier alpha value is -0.610. The first-order chi connectivity index (χ1) is 4.29. The highest BCUT2D eigenvalue weighted by Crippen LogP contribution is 1.89. The molecule has 2 N–H and O–H groups in total. The van der Waals surface area contributed by atoms with E-state index < -0.39 is 0 Å². The van der Waals surface area contributed by atoms with Gasteiger partial charge < -0.3 is 5.11 Å². The van der Waals surface area contributed by atoms with Crippen molar-refractivity contribution >= 4 is 6.21 Å². The molecule has 1 atom stereocenters. The van der Waals surface area contributed by atoms with Crippen LogP contribution >= 0.6 is 0 Å². The minimum absolute atomic E-state index is 0.292. The summed E-state index contributed by atoms with van der Waals surface area (Å²) in [6, 6.07) is 0. The first-order valence-electron chi connectivity index (χ1n) is 2.99. The fraction of sp³-hybridized carbons (Fsp3) is 0.800. The van der Waals surface area contributed by atoms with Gasteiger partial charge in [0, 0.05) is 12.8 Å². The van der Waals surface area contributed by atoms with Gasteiger partial charge in [0.2, 0.25) is 0 Å². The highest BCUT2D eigenvalue weighted by molar-refractivity contribution is 5.60. The Labute approximate surface area is 54.1 Å². The van der Waals surface area contributed by atoms with Gasteiger partial charge in [-0.3, -0.25) is 0 Å². The first-order valence-corrected chi connectivity index (χ1v) is 2.99. The third kappa shape index (κ3) is 1.99. The zero-order valence-corrected chi connectivity index (χ0v) is 5.41. The summed E-state index contributed by atoms with van der Waals surface area (Å²) >= 11 is 0. The summed E-state index contributed by atoms with van der Waals surface area (Å²) in [4.78, 5) is 0. The van der Waals surface area contributed by atoms with Gasteiger partial charge in [-0.05, 0) is 6.92 Å². The summed E-state index contributed by atoms with van der Waals surface area (Å²) in [5.74, 6) is 0. The summed E-state index contributed by atoms with van der Waals surface area (Å²) in [6.07, 6.45) is 1.47. The Bertz CT molecular complexity index is 105. The van der Waals surface area contributed by atoms with Gasteiger partial charge in [-0.2, -0.15) is 10.1 Å². The Morgan fingerprint density at radius 2 is 2.78 bits per heavy atom. The first kappa shape index (κ1) is 6.51. The van der Waals surface area contributed by atoms with Crippen LogP contribution in [0.2, 0.25) is 0 Å². The smallest absolute Gasteiger partial charge is 0.0658 e. The Morgan fingerprint density at radius 1 is 2.00 bits per heavy atom. The normalized spacial score (nSPS) is 22.0. The van der Waals surface area contributed by atoms with Gasteiger partial charge in [0.1, 0.15) is 0 Å². The molecule has 0 aromatic heterocycles. The molecule has 0 saturated heterocycles. The monoisotopic (exact) mass is 129 g/mol. The number of aliphatic hydroxyl groups excluding tert-OH is 1. The van der Waals surface area contributed by atoms with Crippen LogP contribution < -0.4 is 5.53 Å². The molecule has 0 aliphatic carbocycles. The molecular formula is C5H11N3O. The van der Waals surface area contributed by atoms with Crippen LogP contribution in [0.3, 0.4) is 0 Å². The van der Waals surface area contributed by atoms with E-state index in [9.17, 15) is 0 Å². The van der Waals surface area contributed by atoms with Crippen LogP contribution in [-0.4, -0.2) is 35.5 Å². The molecule has 0 spiro atoms. The fourth-order valence-corrected chi connectivity index (χ4v) is 0.737. The zero-order valence-electron chi connectivity index (χ0n) is 5.41. The van der Waals surface area contributed by atoms with Crippen LogP contribution in [-0.2, 0) is 0 Å². The lowest BCUT2D eigenvalue weighted by molar-refractivity contribution is 0.114. The summed E-state index contributed by atoms with van der Waals surface area (Å²) < 4.78 is 0. The average molecular weight is 129 g/mol. The summed E-state index contributed by atoms with van der Waals surface area (Å²) in [5.41, 5.74) is 2.73. The molecular weight excluding hydrogens is 118 g/mol. The highest BCUT2D eigenvalue weighted by atomic mass is 16.3. The Kier molecular flexibility index (Phi) is 2.02. The van der Waals surface area contributed by atoms with Gasteiger partial charge in [-0.15, -0.1) is 0 Å². The van der Waals surface area contributed by atoms with Crippen LogP contribution in [0, 0.1) is 0 Å². The van der Waals surface area contributed by atoms with Crippen LogP contribution in [0.1, 0.15) is 6.92 Å². The molecule has 0 bridgehead atoms. The van der Waals surface area contributed by atoms with Crippen molar-refractivity contribution in [3.63, 3.8) is 0 Å². The zero-order chi connectivity index (χ0) is 6.69. The number of hydrogen-bond donors (Lipinski definition) is 2. The summed E-state index contributed by atoms with van der Waals surface area (Å²) in [6.45, 7) is 3.16. The van der Waals surface area contributed by atoms with Gasteiger partial charge >= 0.3 is 0 Å². The van der Waals surface area contributed by atoms with Crippen molar-refractivity contribution < 1.29 is 5.11 Å². The highest BCUT2D eigenvalue weighted by Gasteiger charge is 2.07. The van der Waals surface area contributed by atoms with Crippen molar-refractivity contribution in [2.45, 2.75) is 13.0 Å². The maximum absolute atomic E-state index is 8.88. The van der Waals surface area contributed by atoms with Crippen molar-refractivity contribution in [1.82, 2.24) is 10.5 Å². The topological polar surface area (TPSA) is 47.9 Å². The third-order valence-electron chi connectivity index (χ3n) is 1.08. The molecule has 1 rings (SSSR count). The van der Waals surface area contributed by atoms with Crippen LogP contribution in [0.4, 0.5) is 0 Å². The molecule has 0 aromatic rings. The number of aliphatic hydroxyl groups is 1. The molecule has 0 aromatic carbocycles. The third-order valence-corrected chi connectivity index (χ3v) is 1.08. The molecule has 52 valence electrons. The molecule has 0 saturated carbocycles. The maximum Gasteiger partial charge on any atom is 0.0658 e. The standard InChI is InChI=1S/C5H11N3O/c1-5(9)4-8-3-2-6-7-8/h2,5,7,9H,3-4H2,1H3. The minimum Gasteiger partial charge on any atom is -0.392 e. The predicted molar refractivity (Wildman–Crippen MR) is 34.9 cm³/mol. The van der Waals surface area contributed by atoms with Gasteiger partial charge in [-0.25, -0.2) is 5.53 Å². The molecule has 0 radical (unpaired) electrons. The number of β-amino-alcohol motifs (C(OH)–C–C–N with tert-alkyl or cyclic N) is 1. The second-order valence-corrected chi connectivity index (χ2v) is 2.17. The second-order valence-electron chi connectivity index (χ2n) is 2.17. The van der Waals surface area contributed by atoms with E-state index in [1.807, 2.05) is 5.01 Å². The quantitative estimate of drug-likeness (QED) is 0.511. The molecule has 1 unspecified atom stereocenters. The summed E-state index contributed by atoms with van der Waals surface area (Å²) in [7, 11) is 0. The van der Waals surface area contributed by atoms with E-state index in [4.69, 9.17) is 5.11 Å². The van der Waals surface area contributed by atoms with Crippen molar-refractivity contribution in [1.29, 1.82) is 0 Å². The number of nitrogens with one attached hydrogen (secondary N) is 1. The molecule has 0 fully saturated rings. The van der Waals surface area contributed by atoms with Gasteiger partial charge in [0.05, 0.1) is 12.6 Å². The number of nitrogens with zero attached hydrogens (tertiary/aromatic N) is 2. The van der Waals surface area contributed by atoms with Crippen molar-refractivity contribution in [3.8, 4) is 0 Å². The molecule has 1 aliphatic rings. The molecule has 0 amide bonds. The molecule has 1 heterocycles. The molecule has 9 heavy (non-hydrogen) atoms. The van der Waals surface area contributed by atoms with Gasteiger partial charge in [0.25, 0.3) is 0 Å². The fourth-order valence-electron chi connectivity index (χ4n) is 0.737. The van der Waals surface area contributed by atoms with Crippen LogP contribution in [0.25, 0.3) is 0 Å². The van der Waals surface area contributed by atoms with Gasteiger partial charge in [-0.1, -0.05) is 0 Å². The van der Waals surface area contributed by atoms with E-state index in [1.165, 1.54) is 0 Å². The number of rotatable bonds is 2. The molecule has 1 aliphatic heterocycles. The largest absolute Gasteiger partial charge is 0.392 e. The number of hydrazone groups is 1. The summed E-state index contributed by atoms with van der Waals surface area (Å²) in [5, 5.41) is 14.5. The maximum atomic E-state index is 8.88. The lowest BCUT2D eigenvalue weighted by Crippen LogP contribution is -2.36. The van der Waals surface area contributed by atoms with E-state index in [0.717, 1.165) is 6.54 Å². The van der Waals surface area contributed by atoms with Crippen molar-refractivity contribution in [2.24, 2.45) is 5.10 Å². The van der Waals surface area contributed by atoms with E-state index in [0.29, 0.717) is 6.54 Å². The van der Waals surface area contributed by atoms with E-state index in [2.05, 4.69) is 10.6 Å². The number of hydrogen-bond acceptors (Lipinski definition) is 4. The van der Waals surface area contributed by atoms with Crippen LogP contribution in [0.15, 0.2) is 5.10 Å². The van der Waals surface area contributed by atoms with Crippen molar-refractivity contribution in [2.75, 3.05) is 13.1 Å².